The van der Waals surface area contributed by atoms with Crippen LogP contribution in [0.1, 0.15) is 29.6 Å². The summed E-state index contributed by atoms with van der Waals surface area (Å²) in [6, 6.07) is 0.0653. The number of rotatable bonds is 3. The molecular formula is C10H14N4OS. The van der Waals surface area contributed by atoms with Gasteiger partial charge in [0.2, 0.25) is 5.89 Å². The fourth-order valence-corrected chi connectivity index (χ4v) is 2.20. The lowest BCUT2D eigenvalue weighted by atomic mass is 10.3. The Kier molecular flexibility index (Phi) is 3.02. The summed E-state index contributed by atoms with van der Waals surface area (Å²) >= 11 is 1.57. The van der Waals surface area contributed by atoms with Crippen LogP contribution in [0.3, 0.4) is 0 Å². The van der Waals surface area contributed by atoms with Crippen molar-refractivity contribution in [1.29, 1.82) is 0 Å². The van der Waals surface area contributed by atoms with Crippen molar-refractivity contribution in [3.8, 4) is 10.8 Å². The highest BCUT2D eigenvalue weighted by atomic mass is 32.1. The van der Waals surface area contributed by atoms with Gasteiger partial charge in [0.15, 0.2) is 0 Å². The Morgan fingerprint density at radius 3 is 2.62 bits per heavy atom. The zero-order valence-corrected chi connectivity index (χ0v) is 10.6. The summed E-state index contributed by atoms with van der Waals surface area (Å²) in [5.74, 6) is 1.16. The molecule has 0 saturated heterocycles. The van der Waals surface area contributed by atoms with Gasteiger partial charge in [-0.3, -0.25) is 0 Å². The highest BCUT2D eigenvalue weighted by Crippen LogP contribution is 2.29. The number of thiazole rings is 1. The first kappa shape index (κ1) is 11.2. The van der Waals surface area contributed by atoms with Crippen molar-refractivity contribution >= 4 is 11.3 Å². The Morgan fingerprint density at radius 2 is 2.06 bits per heavy atom. The van der Waals surface area contributed by atoms with E-state index in [1.807, 2.05) is 27.8 Å². The predicted molar refractivity (Wildman–Crippen MR) is 62.4 cm³/mol. The van der Waals surface area contributed by atoms with Crippen LogP contribution < -0.4 is 5.32 Å². The van der Waals surface area contributed by atoms with Crippen LogP contribution in [0.4, 0.5) is 0 Å². The van der Waals surface area contributed by atoms with E-state index in [2.05, 4.69) is 20.5 Å². The van der Waals surface area contributed by atoms with Gasteiger partial charge in [0.05, 0.1) is 16.7 Å². The Labute approximate surface area is 97.9 Å². The Bertz CT molecular complexity index is 491. The molecule has 0 fully saturated rings. The Balaban J connectivity index is 2.35. The van der Waals surface area contributed by atoms with Crippen molar-refractivity contribution in [3.63, 3.8) is 0 Å². The average Bonchev–Trinajstić information content (AvgIpc) is 2.83. The van der Waals surface area contributed by atoms with E-state index in [1.54, 1.807) is 11.3 Å². The fraction of sp³-hybridized carbons (Fsp3) is 0.500. The van der Waals surface area contributed by atoms with Gasteiger partial charge >= 0.3 is 0 Å². The second kappa shape index (κ2) is 4.31. The van der Waals surface area contributed by atoms with Gasteiger partial charge in [0.1, 0.15) is 4.88 Å². The second-order valence-corrected chi connectivity index (χ2v) is 4.81. The van der Waals surface area contributed by atoms with Crippen LogP contribution >= 0.6 is 11.3 Å². The molecule has 0 spiro atoms. The van der Waals surface area contributed by atoms with Crippen LogP contribution in [0.25, 0.3) is 10.8 Å². The van der Waals surface area contributed by atoms with Crippen molar-refractivity contribution in [2.75, 3.05) is 7.05 Å². The van der Waals surface area contributed by atoms with Crippen LogP contribution in [0.2, 0.25) is 0 Å². The lowest BCUT2D eigenvalue weighted by molar-refractivity contribution is 0.441. The molecule has 0 saturated carbocycles. The summed E-state index contributed by atoms with van der Waals surface area (Å²) in [5.41, 5.74) is 0.940. The van der Waals surface area contributed by atoms with Crippen LogP contribution in [0.15, 0.2) is 4.42 Å². The fourth-order valence-electron chi connectivity index (χ4n) is 1.35. The zero-order valence-electron chi connectivity index (χ0n) is 9.74. The molecule has 2 aromatic rings. The van der Waals surface area contributed by atoms with E-state index in [0.29, 0.717) is 11.8 Å². The van der Waals surface area contributed by atoms with Gasteiger partial charge < -0.3 is 9.73 Å². The molecule has 2 heterocycles. The molecule has 16 heavy (non-hydrogen) atoms. The topological polar surface area (TPSA) is 63.8 Å². The Morgan fingerprint density at radius 1 is 1.31 bits per heavy atom. The number of nitrogens with zero attached hydrogens (tertiary/aromatic N) is 3. The van der Waals surface area contributed by atoms with E-state index in [4.69, 9.17) is 4.42 Å². The first-order valence-corrected chi connectivity index (χ1v) is 5.88. The molecule has 1 unspecified atom stereocenters. The lowest BCUT2D eigenvalue weighted by Gasteiger charge is -2.01. The molecule has 0 aliphatic heterocycles. The summed E-state index contributed by atoms with van der Waals surface area (Å²) in [7, 11) is 1.86. The van der Waals surface area contributed by atoms with Gasteiger partial charge in [-0.25, -0.2) is 4.98 Å². The van der Waals surface area contributed by atoms with E-state index in [1.165, 1.54) is 0 Å². The van der Waals surface area contributed by atoms with Crippen LogP contribution in [0, 0.1) is 13.8 Å². The minimum atomic E-state index is 0.0653. The lowest BCUT2D eigenvalue weighted by Crippen LogP contribution is -2.12. The third-order valence-corrected chi connectivity index (χ3v) is 3.40. The zero-order chi connectivity index (χ0) is 11.7. The van der Waals surface area contributed by atoms with Gasteiger partial charge in [-0.1, -0.05) is 0 Å². The maximum Gasteiger partial charge on any atom is 0.259 e. The largest absolute Gasteiger partial charge is 0.418 e. The molecule has 86 valence electrons. The molecule has 0 amide bonds. The highest BCUT2D eigenvalue weighted by Gasteiger charge is 2.17. The van der Waals surface area contributed by atoms with Crippen molar-refractivity contribution in [2.45, 2.75) is 26.8 Å². The van der Waals surface area contributed by atoms with Gasteiger partial charge in [-0.05, 0) is 27.8 Å². The highest BCUT2D eigenvalue weighted by molar-refractivity contribution is 7.15. The summed E-state index contributed by atoms with van der Waals surface area (Å²) in [6.07, 6.45) is 0. The normalized spacial score (nSPS) is 13.0. The summed E-state index contributed by atoms with van der Waals surface area (Å²) in [4.78, 5) is 5.29. The smallest absolute Gasteiger partial charge is 0.259 e. The molecule has 0 aromatic carbocycles. The Hall–Kier alpha value is -1.27. The maximum absolute atomic E-state index is 5.60. The molecule has 0 bridgehead atoms. The summed E-state index contributed by atoms with van der Waals surface area (Å²) in [5, 5.41) is 12.1. The number of aromatic nitrogens is 3. The standard InChI is InChI=1S/C10H14N4OS/c1-5-8(16-7(3)12-5)10-14-13-9(15-10)6(2)11-4/h6,11H,1-4H3. The number of hydrogen-bond acceptors (Lipinski definition) is 6. The van der Waals surface area contributed by atoms with E-state index in [0.717, 1.165) is 15.6 Å². The molecule has 5 nitrogen and oxygen atoms in total. The van der Waals surface area contributed by atoms with Crippen LogP contribution in [-0.2, 0) is 0 Å². The van der Waals surface area contributed by atoms with E-state index in [-0.39, 0.29) is 6.04 Å². The molecule has 2 aromatic heterocycles. The van der Waals surface area contributed by atoms with Crippen LogP contribution in [0.5, 0.6) is 0 Å². The molecule has 2 rings (SSSR count). The molecule has 6 heteroatoms. The number of aryl methyl sites for hydroxylation is 2. The van der Waals surface area contributed by atoms with Crippen molar-refractivity contribution < 1.29 is 4.42 Å². The van der Waals surface area contributed by atoms with Crippen LogP contribution in [-0.4, -0.2) is 22.2 Å². The first-order chi connectivity index (χ1) is 7.61. The molecule has 0 aliphatic rings. The number of nitrogens with one attached hydrogen (secondary N) is 1. The van der Waals surface area contributed by atoms with Crippen molar-refractivity contribution in [3.05, 3.63) is 16.6 Å². The van der Waals surface area contributed by atoms with E-state index < -0.39 is 0 Å². The summed E-state index contributed by atoms with van der Waals surface area (Å²) in [6.45, 7) is 5.89. The van der Waals surface area contributed by atoms with Gasteiger partial charge in [-0.2, -0.15) is 0 Å². The van der Waals surface area contributed by atoms with Gasteiger partial charge in [0, 0.05) is 0 Å². The number of hydrogen-bond donors (Lipinski definition) is 1. The first-order valence-electron chi connectivity index (χ1n) is 5.07. The second-order valence-electron chi connectivity index (χ2n) is 3.60. The van der Waals surface area contributed by atoms with E-state index in [9.17, 15) is 0 Å². The monoisotopic (exact) mass is 238 g/mol. The molecule has 1 N–H and O–H groups in total. The van der Waals surface area contributed by atoms with E-state index >= 15 is 0 Å². The predicted octanol–water partition coefficient (Wildman–Crippen LogP) is 2.09. The molecule has 1 atom stereocenters. The minimum Gasteiger partial charge on any atom is -0.418 e. The molecule has 0 aliphatic carbocycles. The SMILES string of the molecule is CNC(C)c1nnc(-c2sc(C)nc2C)o1. The maximum atomic E-state index is 5.60. The van der Waals surface area contributed by atoms with Crippen molar-refractivity contribution in [2.24, 2.45) is 0 Å². The van der Waals surface area contributed by atoms with Crippen molar-refractivity contribution in [1.82, 2.24) is 20.5 Å². The minimum absolute atomic E-state index is 0.0653. The molecular weight excluding hydrogens is 224 g/mol. The quantitative estimate of drug-likeness (QED) is 0.887. The molecule has 0 radical (unpaired) electrons. The van der Waals surface area contributed by atoms with Gasteiger partial charge in [-0.15, -0.1) is 21.5 Å². The average molecular weight is 238 g/mol. The van der Waals surface area contributed by atoms with Gasteiger partial charge in [0.25, 0.3) is 5.89 Å². The summed E-state index contributed by atoms with van der Waals surface area (Å²) < 4.78 is 5.60. The third-order valence-electron chi connectivity index (χ3n) is 2.34. The third kappa shape index (κ3) is 1.98.